The molecule has 18 heavy (non-hydrogen) atoms. The fourth-order valence-corrected chi connectivity index (χ4v) is 2.01. The van der Waals surface area contributed by atoms with Crippen molar-refractivity contribution < 1.29 is 19.0 Å². The van der Waals surface area contributed by atoms with Crippen LogP contribution >= 0.6 is 0 Å². The van der Waals surface area contributed by atoms with Gasteiger partial charge in [-0.15, -0.1) is 0 Å². The fraction of sp³-hybridized carbons (Fsp3) is 0.417. The maximum atomic E-state index is 11.2. The van der Waals surface area contributed by atoms with E-state index in [2.05, 4.69) is 10.6 Å². The van der Waals surface area contributed by atoms with Crippen molar-refractivity contribution >= 4 is 6.03 Å². The fourth-order valence-electron chi connectivity index (χ4n) is 2.01. The monoisotopic (exact) mass is 252 g/mol. The van der Waals surface area contributed by atoms with E-state index in [4.69, 9.17) is 14.2 Å². The number of hydrogen-bond acceptors (Lipinski definition) is 4. The summed E-state index contributed by atoms with van der Waals surface area (Å²) in [5.41, 5.74) is 0.805. The summed E-state index contributed by atoms with van der Waals surface area (Å²) in [4.78, 5) is 11.2. The Balaban J connectivity index is 2.46. The number of benzene rings is 1. The highest BCUT2D eigenvalue weighted by atomic mass is 16.5. The molecule has 1 aliphatic rings. The van der Waals surface area contributed by atoms with Gasteiger partial charge in [-0.3, -0.25) is 0 Å². The number of hydrogen-bond donors (Lipinski definition) is 2. The minimum atomic E-state index is -0.195. The second-order valence-corrected chi connectivity index (χ2v) is 3.85. The Kier molecular flexibility index (Phi) is 3.45. The Bertz CT molecular complexity index is 436. The lowest BCUT2D eigenvalue weighted by Crippen LogP contribution is -2.22. The molecule has 6 nitrogen and oxygen atoms in total. The first-order valence-electron chi connectivity index (χ1n) is 5.54. The molecule has 1 saturated heterocycles. The van der Waals surface area contributed by atoms with Crippen LogP contribution in [0.25, 0.3) is 0 Å². The first-order valence-corrected chi connectivity index (χ1v) is 5.54. The third kappa shape index (κ3) is 2.13. The topological polar surface area (TPSA) is 68.8 Å². The number of rotatable bonds is 4. The number of amides is 2. The molecule has 0 radical (unpaired) electrons. The number of nitrogens with one attached hydrogen (secondary N) is 2. The minimum Gasteiger partial charge on any atom is -0.496 e. The van der Waals surface area contributed by atoms with E-state index >= 15 is 0 Å². The molecule has 1 aromatic rings. The third-order valence-electron chi connectivity index (χ3n) is 2.87. The summed E-state index contributed by atoms with van der Waals surface area (Å²) in [6.45, 7) is 0.498. The molecular weight excluding hydrogens is 236 g/mol. The van der Waals surface area contributed by atoms with Gasteiger partial charge in [0.05, 0.1) is 32.9 Å². The highest BCUT2D eigenvalue weighted by molar-refractivity contribution is 5.77. The van der Waals surface area contributed by atoms with Gasteiger partial charge in [0.2, 0.25) is 0 Å². The lowest BCUT2D eigenvalue weighted by Gasteiger charge is -2.18. The minimum absolute atomic E-state index is 0.173. The van der Waals surface area contributed by atoms with Crippen LogP contribution in [0, 0.1) is 0 Å². The zero-order chi connectivity index (χ0) is 13.1. The van der Waals surface area contributed by atoms with Crippen molar-refractivity contribution in [2.24, 2.45) is 0 Å². The van der Waals surface area contributed by atoms with Gasteiger partial charge >= 0.3 is 6.03 Å². The van der Waals surface area contributed by atoms with Crippen LogP contribution in [0.5, 0.6) is 17.2 Å². The number of carbonyl (C=O) groups is 1. The average molecular weight is 252 g/mol. The molecular formula is C12H16N2O4. The molecule has 0 spiro atoms. The van der Waals surface area contributed by atoms with Gasteiger partial charge in [-0.25, -0.2) is 4.79 Å². The van der Waals surface area contributed by atoms with Gasteiger partial charge < -0.3 is 24.8 Å². The normalized spacial score (nSPS) is 17.9. The number of carbonyl (C=O) groups excluding carboxylic acids is 1. The van der Waals surface area contributed by atoms with E-state index in [0.717, 1.165) is 5.56 Å². The van der Waals surface area contributed by atoms with Crippen molar-refractivity contribution in [3.05, 3.63) is 17.7 Å². The Morgan fingerprint density at radius 2 is 1.72 bits per heavy atom. The summed E-state index contributed by atoms with van der Waals surface area (Å²) in [7, 11) is 4.72. The average Bonchev–Trinajstić information content (AvgIpc) is 2.83. The third-order valence-corrected chi connectivity index (χ3v) is 2.87. The molecule has 2 amide bonds. The van der Waals surface area contributed by atoms with Gasteiger partial charge in [-0.2, -0.15) is 0 Å². The van der Waals surface area contributed by atoms with Crippen LogP contribution in [0.1, 0.15) is 11.6 Å². The van der Waals surface area contributed by atoms with E-state index in [1.165, 1.54) is 0 Å². The maximum Gasteiger partial charge on any atom is 0.315 e. The standard InChI is InChI=1S/C12H16N2O4/c1-16-7-4-9(17-2)11(10(5-7)18-3)8-6-13-12(15)14-8/h4-5,8H,6H2,1-3H3,(H2,13,14,15). The molecule has 1 aliphatic heterocycles. The molecule has 6 heteroatoms. The molecule has 2 N–H and O–H groups in total. The van der Waals surface area contributed by atoms with Crippen LogP contribution in [0.2, 0.25) is 0 Å². The quantitative estimate of drug-likeness (QED) is 0.841. The SMILES string of the molecule is COc1cc(OC)c(C2CNC(=O)N2)c(OC)c1. The molecule has 2 rings (SSSR count). The van der Waals surface area contributed by atoms with Crippen LogP contribution in [0.15, 0.2) is 12.1 Å². The number of urea groups is 1. The first-order chi connectivity index (χ1) is 8.69. The summed E-state index contributed by atoms with van der Waals surface area (Å²) < 4.78 is 15.9. The lowest BCUT2D eigenvalue weighted by atomic mass is 10.0. The van der Waals surface area contributed by atoms with Crippen LogP contribution in [0.4, 0.5) is 4.79 Å². The van der Waals surface area contributed by atoms with Gasteiger partial charge in [-0.1, -0.05) is 0 Å². The summed E-state index contributed by atoms with van der Waals surface area (Å²) in [6.07, 6.45) is 0. The van der Waals surface area contributed by atoms with Crippen LogP contribution in [0.3, 0.4) is 0 Å². The van der Waals surface area contributed by atoms with Gasteiger partial charge in [0.25, 0.3) is 0 Å². The van der Waals surface area contributed by atoms with Crippen molar-refractivity contribution in [2.75, 3.05) is 27.9 Å². The predicted molar refractivity (Wildman–Crippen MR) is 65.4 cm³/mol. The molecule has 1 atom stereocenters. The van der Waals surface area contributed by atoms with E-state index in [0.29, 0.717) is 23.8 Å². The van der Waals surface area contributed by atoms with E-state index in [1.54, 1.807) is 33.5 Å². The lowest BCUT2D eigenvalue weighted by molar-refractivity contribution is 0.247. The summed E-state index contributed by atoms with van der Waals surface area (Å²) in [5.74, 6) is 1.89. The van der Waals surface area contributed by atoms with E-state index < -0.39 is 0 Å². The zero-order valence-corrected chi connectivity index (χ0v) is 10.6. The molecule has 1 heterocycles. The molecule has 98 valence electrons. The van der Waals surface area contributed by atoms with E-state index in [-0.39, 0.29) is 12.1 Å². The number of ether oxygens (including phenoxy) is 3. The second-order valence-electron chi connectivity index (χ2n) is 3.85. The number of methoxy groups -OCH3 is 3. The molecule has 1 aromatic carbocycles. The first kappa shape index (κ1) is 12.3. The summed E-state index contributed by atoms with van der Waals surface area (Å²) >= 11 is 0. The molecule has 1 unspecified atom stereocenters. The molecule has 0 saturated carbocycles. The Morgan fingerprint density at radius 1 is 1.11 bits per heavy atom. The Hall–Kier alpha value is -2.11. The highest BCUT2D eigenvalue weighted by Crippen LogP contribution is 2.38. The largest absolute Gasteiger partial charge is 0.496 e. The van der Waals surface area contributed by atoms with Crippen LogP contribution in [-0.4, -0.2) is 33.9 Å². The second kappa shape index (κ2) is 5.03. The zero-order valence-electron chi connectivity index (χ0n) is 10.6. The highest BCUT2D eigenvalue weighted by Gasteiger charge is 2.28. The summed E-state index contributed by atoms with van der Waals surface area (Å²) in [6, 6.07) is 3.17. The maximum absolute atomic E-state index is 11.2. The van der Waals surface area contributed by atoms with Gasteiger partial charge in [0, 0.05) is 18.7 Å². The molecule has 0 aliphatic carbocycles. The predicted octanol–water partition coefficient (Wildman–Crippen LogP) is 1.07. The Labute approximate surface area is 105 Å². The van der Waals surface area contributed by atoms with Crippen LogP contribution in [-0.2, 0) is 0 Å². The van der Waals surface area contributed by atoms with Crippen molar-refractivity contribution in [3.8, 4) is 17.2 Å². The Morgan fingerprint density at radius 3 is 2.11 bits per heavy atom. The van der Waals surface area contributed by atoms with Crippen molar-refractivity contribution in [3.63, 3.8) is 0 Å². The van der Waals surface area contributed by atoms with Crippen molar-refractivity contribution in [1.82, 2.24) is 10.6 Å². The van der Waals surface area contributed by atoms with E-state index in [1.807, 2.05) is 0 Å². The smallest absolute Gasteiger partial charge is 0.315 e. The van der Waals surface area contributed by atoms with Gasteiger partial charge in [-0.05, 0) is 0 Å². The van der Waals surface area contributed by atoms with Gasteiger partial charge in [0.15, 0.2) is 0 Å². The summed E-state index contributed by atoms with van der Waals surface area (Å²) in [5, 5.41) is 5.51. The van der Waals surface area contributed by atoms with Crippen molar-refractivity contribution in [2.45, 2.75) is 6.04 Å². The van der Waals surface area contributed by atoms with Gasteiger partial charge in [0.1, 0.15) is 17.2 Å². The van der Waals surface area contributed by atoms with E-state index in [9.17, 15) is 4.79 Å². The molecule has 0 bridgehead atoms. The molecule has 0 aromatic heterocycles. The van der Waals surface area contributed by atoms with Crippen LogP contribution < -0.4 is 24.8 Å². The molecule has 1 fully saturated rings. The van der Waals surface area contributed by atoms with Crippen molar-refractivity contribution in [1.29, 1.82) is 0 Å².